The molecule has 0 bridgehead atoms. The van der Waals surface area contributed by atoms with Crippen molar-refractivity contribution in [2.45, 2.75) is 38.1 Å². The Morgan fingerprint density at radius 1 is 1.18 bits per heavy atom. The summed E-state index contributed by atoms with van der Waals surface area (Å²) < 4.78 is 0. The van der Waals surface area contributed by atoms with Gasteiger partial charge in [-0.05, 0) is 38.6 Å². The van der Waals surface area contributed by atoms with Crippen LogP contribution in [0.15, 0.2) is 0 Å². The third kappa shape index (κ3) is 3.43. The molecule has 2 atom stereocenters. The number of hydrogen-bond acceptors (Lipinski definition) is 3. The maximum absolute atomic E-state index is 12.0. The van der Waals surface area contributed by atoms with Gasteiger partial charge < -0.3 is 16.0 Å². The number of carbonyl (C=O) groups is 2. The van der Waals surface area contributed by atoms with Gasteiger partial charge in [-0.25, -0.2) is 0 Å². The molecule has 0 radical (unpaired) electrons. The highest BCUT2D eigenvalue weighted by Gasteiger charge is 2.27. The molecule has 0 aliphatic carbocycles. The van der Waals surface area contributed by atoms with E-state index in [9.17, 15) is 9.59 Å². The highest BCUT2D eigenvalue weighted by molar-refractivity contribution is 5.88. The minimum atomic E-state index is -0.327. The predicted octanol–water partition coefficient (Wildman–Crippen LogP) is -0.229. The van der Waals surface area contributed by atoms with Crippen LogP contribution in [0.25, 0.3) is 0 Å². The van der Waals surface area contributed by atoms with Crippen molar-refractivity contribution < 1.29 is 9.59 Å². The third-order valence-corrected chi connectivity index (χ3v) is 3.52. The Bertz CT molecular complexity index is 287. The third-order valence-electron chi connectivity index (χ3n) is 3.52. The number of hydrogen-bond donors (Lipinski definition) is 3. The molecule has 0 aromatic rings. The fourth-order valence-corrected chi connectivity index (χ4v) is 2.44. The van der Waals surface area contributed by atoms with Gasteiger partial charge in [-0.1, -0.05) is 0 Å². The molecule has 2 aliphatic heterocycles. The SMILES string of the molecule is O=C1NCCCCC1NC(=O)[C@H]1CCCNC1. The van der Waals surface area contributed by atoms with E-state index in [1.165, 1.54) is 0 Å². The van der Waals surface area contributed by atoms with Crippen molar-refractivity contribution in [1.29, 1.82) is 0 Å². The van der Waals surface area contributed by atoms with Crippen molar-refractivity contribution in [3.8, 4) is 0 Å². The van der Waals surface area contributed by atoms with Gasteiger partial charge in [0.2, 0.25) is 11.8 Å². The van der Waals surface area contributed by atoms with E-state index in [1.807, 2.05) is 0 Å². The van der Waals surface area contributed by atoms with Gasteiger partial charge in [-0.2, -0.15) is 0 Å². The lowest BCUT2D eigenvalue weighted by atomic mass is 9.98. The molecule has 0 aromatic heterocycles. The monoisotopic (exact) mass is 239 g/mol. The predicted molar refractivity (Wildman–Crippen MR) is 64.4 cm³/mol. The van der Waals surface area contributed by atoms with Crippen LogP contribution in [0.4, 0.5) is 0 Å². The molecule has 96 valence electrons. The fraction of sp³-hybridized carbons (Fsp3) is 0.833. The zero-order valence-electron chi connectivity index (χ0n) is 10.1. The fourth-order valence-electron chi connectivity index (χ4n) is 2.44. The highest BCUT2D eigenvalue weighted by Crippen LogP contribution is 2.12. The molecule has 0 aromatic carbocycles. The summed E-state index contributed by atoms with van der Waals surface area (Å²) in [6.45, 7) is 2.46. The summed E-state index contributed by atoms with van der Waals surface area (Å²) in [5.74, 6) is 0.0265. The molecule has 2 saturated heterocycles. The summed E-state index contributed by atoms with van der Waals surface area (Å²) >= 11 is 0. The van der Waals surface area contributed by atoms with Crippen LogP contribution in [0.2, 0.25) is 0 Å². The van der Waals surface area contributed by atoms with Gasteiger partial charge in [0, 0.05) is 13.1 Å². The van der Waals surface area contributed by atoms with E-state index < -0.39 is 0 Å². The normalized spacial score (nSPS) is 30.2. The van der Waals surface area contributed by atoms with Crippen LogP contribution < -0.4 is 16.0 Å². The van der Waals surface area contributed by atoms with Crippen LogP contribution in [-0.4, -0.2) is 37.5 Å². The quantitative estimate of drug-likeness (QED) is 0.623. The van der Waals surface area contributed by atoms with Crippen molar-refractivity contribution in [1.82, 2.24) is 16.0 Å². The van der Waals surface area contributed by atoms with Crippen molar-refractivity contribution in [2.24, 2.45) is 5.92 Å². The van der Waals surface area contributed by atoms with Crippen molar-refractivity contribution in [3.05, 3.63) is 0 Å². The smallest absolute Gasteiger partial charge is 0.242 e. The zero-order valence-corrected chi connectivity index (χ0v) is 10.1. The number of nitrogens with one attached hydrogen (secondary N) is 3. The Hall–Kier alpha value is -1.10. The standard InChI is InChI=1S/C12H21N3O2/c16-11(9-4-3-6-13-8-9)15-10-5-1-2-7-14-12(10)17/h9-10,13H,1-8H2,(H,14,17)(H,15,16)/t9-,10?/m0/s1. The average molecular weight is 239 g/mol. The van der Waals surface area contributed by atoms with Gasteiger partial charge in [-0.15, -0.1) is 0 Å². The maximum Gasteiger partial charge on any atom is 0.242 e. The van der Waals surface area contributed by atoms with E-state index in [2.05, 4.69) is 16.0 Å². The van der Waals surface area contributed by atoms with Gasteiger partial charge in [0.15, 0.2) is 0 Å². The summed E-state index contributed by atoms with van der Waals surface area (Å²) in [5.41, 5.74) is 0. The van der Waals surface area contributed by atoms with Crippen LogP contribution in [0, 0.1) is 5.92 Å². The Morgan fingerprint density at radius 3 is 2.82 bits per heavy atom. The second-order valence-corrected chi connectivity index (χ2v) is 4.89. The lowest BCUT2D eigenvalue weighted by molar-refractivity contribution is -0.131. The molecule has 2 amide bonds. The molecule has 1 unspecified atom stereocenters. The van der Waals surface area contributed by atoms with Crippen molar-refractivity contribution in [3.63, 3.8) is 0 Å². The Balaban J connectivity index is 1.85. The largest absolute Gasteiger partial charge is 0.354 e. The molecule has 2 rings (SSSR count). The first-order valence-electron chi connectivity index (χ1n) is 6.56. The molecule has 2 aliphatic rings. The Kier molecular flexibility index (Phi) is 4.36. The van der Waals surface area contributed by atoms with Gasteiger partial charge >= 0.3 is 0 Å². The molecule has 17 heavy (non-hydrogen) atoms. The van der Waals surface area contributed by atoms with E-state index >= 15 is 0 Å². The van der Waals surface area contributed by atoms with Gasteiger partial charge in [0.1, 0.15) is 6.04 Å². The molecule has 3 N–H and O–H groups in total. The molecule has 2 heterocycles. The minimum absolute atomic E-state index is 0.0271. The highest BCUT2D eigenvalue weighted by atomic mass is 16.2. The molecule has 0 saturated carbocycles. The second kappa shape index (κ2) is 6.00. The first kappa shape index (κ1) is 12.4. The Labute approximate surface area is 102 Å². The second-order valence-electron chi connectivity index (χ2n) is 4.89. The van der Waals surface area contributed by atoms with Crippen LogP contribution >= 0.6 is 0 Å². The summed E-state index contributed by atoms with van der Waals surface area (Å²) in [5, 5.41) is 8.94. The average Bonchev–Trinajstić information content (AvgIpc) is 2.56. The topological polar surface area (TPSA) is 70.2 Å². The lowest BCUT2D eigenvalue weighted by Crippen LogP contribution is -2.49. The molecule has 5 heteroatoms. The van der Waals surface area contributed by atoms with E-state index in [4.69, 9.17) is 0 Å². The van der Waals surface area contributed by atoms with Crippen LogP contribution in [0.1, 0.15) is 32.1 Å². The van der Waals surface area contributed by atoms with Crippen LogP contribution in [0.5, 0.6) is 0 Å². The van der Waals surface area contributed by atoms with Gasteiger partial charge in [0.05, 0.1) is 5.92 Å². The first-order valence-corrected chi connectivity index (χ1v) is 6.56. The van der Waals surface area contributed by atoms with Gasteiger partial charge in [0.25, 0.3) is 0 Å². The van der Waals surface area contributed by atoms with Crippen LogP contribution in [0.3, 0.4) is 0 Å². The minimum Gasteiger partial charge on any atom is -0.354 e. The summed E-state index contributed by atoms with van der Waals surface area (Å²) in [7, 11) is 0. The van der Waals surface area contributed by atoms with E-state index in [1.54, 1.807) is 0 Å². The van der Waals surface area contributed by atoms with Crippen molar-refractivity contribution in [2.75, 3.05) is 19.6 Å². The van der Waals surface area contributed by atoms with Crippen LogP contribution in [-0.2, 0) is 9.59 Å². The summed E-state index contributed by atoms with van der Waals surface area (Å²) in [6, 6.07) is -0.327. The molecular weight excluding hydrogens is 218 g/mol. The van der Waals surface area contributed by atoms with E-state index in [-0.39, 0.29) is 23.8 Å². The van der Waals surface area contributed by atoms with E-state index in [0.29, 0.717) is 0 Å². The molecule has 2 fully saturated rings. The van der Waals surface area contributed by atoms with Crippen molar-refractivity contribution >= 4 is 11.8 Å². The van der Waals surface area contributed by atoms with Gasteiger partial charge in [-0.3, -0.25) is 9.59 Å². The number of piperidine rings is 1. The first-order chi connectivity index (χ1) is 8.27. The summed E-state index contributed by atoms with van der Waals surface area (Å²) in [6.07, 6.45) is 4.72. The maximum atomic E-state index is 12.0. The Morgan fingerprint density at radius 2 is 2.06 bits per heavy atom. The number of amides is 2. The number of rotatable bonds is 2. The zero-order chi connectivity index (χ0) is 12.1. The number of carbonyl (C=O) groups excluding carboxylic acids is 2. The summed E-state index contributed by atoms with van der Waals surface area (Å²) in [4.78, 5) is 23.7. The van der Waals surface area contributed by atoms with E-state index in [0.717, 1.165) is 51.7 Å². The molecule has 0 spiro atoms. The lowest BCUT2D eigenvalue weighted by Gasteiger charge is -2.24. The molecule has 5 nitrogen and oxygen atoms in total. The molecular formula is C12H21N3O2.